The number of rotatable bonds is 6. The molecule has 2 fully saturated rings. The molecule has 0 radical (unpaired) electrons. The molecule has 0 bridgehead atoms. The van der Waals surface area contributed by atoms with E-state index < -0.39 is 35.6 Å². The van der Waals surface area contributed by atoms with E-state index in [-0.39, 0.29) is 25.0 Å². The summed E-state index contributed by atoms with van der Waals surface area (Å²) < 4.78 is 11.9. The summed E-state index contributed by atoms with van der Waals surface area (Å²) in [6.07, 6.45) is 8.58. The SMILES string of the molecule is O=C1OCC=C[C@@H]2O[C@]34C=CCN(c5ccc6ccccc6c5)C(=O)C3N(CCCCCO)C(=O)[C@@H]4[C@H]12. The number of aliphatic hydroxyl groups excluding tert-OH is 1. The number of ether oxygens (including phenoxy) is 2. The number of benzene rings is 2. The fourth-order valence-electron chi connectivity index (χ4n) is 6.36. The van der Waals surface area contributed by atoms with Gasteiger partial charge in [-0.2, -0.15) is 0 Å². The van der Waals surface area contributed by atoms with E-state index in [1.165, 1.54) is 0 Å². The first-order valence-electron chi connectivity index (χ1n) is 13.0. The van der Waals surface area contributed by atoms with Gasteiger partial charge in [-0.3, -0.25) is 14.4 Å². The Morgan fingerprint density at radius 2 is 1.81 bits per heavy atom. The Kier molecular flexibility index (Phi) is 6.09. The number of cyclic esters (lactones) is 1. The van der Waals surface area contributed by atoms with Crippen molar-refractivity contribution >= 4 is 34.2 Å². The van der Waals surface area contributed by atoms with Crippen LogP contribution in [0.2, 0.25) is 0 Å². The van der Waals surface area contributed by atoms with Crippen LogP contribution in [-0.2, 0) is 23.9 Å². The molecule has 0 aliphatic carbocycles. The van der Waals surface area contributed by atoms with Crippen LogP contribution in [-0.4, -0.2) is 71.8 Å². The van der Waals surface area contributed by atoms with Crippen molar-refractivity contribution in [1.29, 1.82) is 0 Å². The second-order valence-electron chi connectivity index (χ2n) is 10.1. The van der Waals surface area contributed by atoms with E-state index in [9.17, 15) is 19.5 Å². The molecule has 1 spiro atoms. The number of esters is 1. The monoisotopic (exact) mass is 502 g/mol. The molecular formula is C29H30N2O6. The van der Waals surface area contributed by atoms with Crippen molar-refractivity contribution in [1.82, 2.24) is 4.90 Å². The van der Waals surface area contributed by atoms with Gasteiger partial charge in [-0.25, -0.2) is 0 Å². The van der Waals surface area contributed by atoms with E-state index in [1.54, 1.807) is 22.0 Å². The molecule has 2 saturated heterocycles. The normalized spacial score (nSPS) is 30.7. The Balaban J connectivity index is 1.41. The van der Waals surface area contributed by atoms with Crippen molar-refractivity contribution in [2.24, 2.45) is 11.8 Å². The molecule has 0 saturated carbocycles. The van der Waals surface area contributed by atoms with Crippen molar-refractivity contribution < 1.29 is 29.0 Å². The molecular weight excluding hydrogens is 472 g/mol. The summed E-state index contributed by atoms with van der Waals surface area (Å²) in [5.41, 5.74) is -0.514. The lowest BCUT2D eigenvalue weighted by atomic mass is 9.78. The second kappa shape index (κ2) is 9.43. The number of fused-ring (bicyclic) bond motifs is 3. The summed E-state index contributed by atoms with van der Waals surface area (Å²) in [6.45, 7) is 0.889. The third kappa shape index (κ3) is 3.78. The molecule has 6 rings (SSSR count). The average molecular weight is 503 g/mol. The Labute approximate surface area is 215 Å². The highest BCUT2D eigenvalue weighted by Crippen LogP contribution is 2.53. The Morgan fingerprint density at radius 3 is 2.65 bits per heavy atom. The summed E-state index contributed by atoms with van der Waals surface area (Å²) in [5.74, 6) is -2.60. The van der Waals surface area contributed by atoms with Gasteiger partial charge in [0.1, 0.15) is 24.2 Å². The van der Waals surface area contributed by atoms with E-state index >= 15 is 0 Å². The molecule has 2 amide bonds. The fraction of sp³-hybridized carbons (Fsp3) is 0.414. The molecule has 8 nitrogen and oxygen atoms in total. The number of hydrogen-bond donors (Lipinski definition) is 1. The lowest BCUT2D eigenvalue weighted by molar-refractivity contribution is -0.152. The van der Waals surface area contributed by atoms with E-state index in [2.05, 4.69) is 0 Å². The lowest BCUT2D eigenvalue weighted by Crippen LogP contribution is -2.55. The number of anilines is 1. The van der Waals surface area contributed by atoms with Crippen LogP contribution in [0.3, 0.4) is 0 Å². The van der Waals surface area contributed by atoms with Crippen LogP contribution >= 0.6 is 0 Å². The summed E-state index contributed by atoms with van der Waals surface area (Å²) in [5, 5.41) is 11.3. The fourth-order valence-corrected chi connectivity index (χ4v) is 6.36. The van der Waals surface area contributed by atoms with Crippen molar-refractivity contribution in [3.8, 4) is 0 Å². The molecule has 4 aliphatic rings. The molecule has 2 aromatic carbocycles. The maximum atomic E-state index is 14.3. The molecule has 4 aliphatic heterocycles. The van der Waals surface area contributed by atoms with E-state index in [0.717, 1.165) is 22.9 Å². The van der Waals surface area contributed by atoms with E-state index in [1.807, 2.05) is 54.6 Å². The maximum Gasteiger partial charge on any atom is 0.313 e. The largest absolute Gasteiger partial charge is 0.461 e. The second-order valence-corrected chi connectivity index (χ2v) is 10.1. The van der Waals surface area contributed by atoms with Gasteiger partial charge in [0, 0.05) is 25.4 Å². The van der Waals surface area contributed by atoms with Crippen LogP contribution in [0.25, 0.3) is 10.8 Å². The highest BCUT2D eigenvalue weighted by Gasteiger charge is 2.71. The summed E-state index contributed by atoms with van der Waals surface area (Å²) in [6, 6.07) is 13.0. The zero-order chi connectivity index (χ0) is 25.6. The molecule has 192 valence electrons. The van der Waals surface area contributed by atoms with Gasteiger partial charge in [-0.15, -0.1) is 0 Å². The third-order valence-electron chi connectivity index (χ3n) is 8.02. The van der Waals surface area contributed by atoms with Gasteiger partial charge < -0.3 is 24.4 Å². The number of aliphatic hydroxyl groups is 1. The van der Waals surface area contributed by atoms with Crippen molar-refractivity contribution in [2.75, 3.05) is 31.2 Å². The Morgan fingerprint density at radius 1 is 0.973 bits per heavy atom. The minimum atomic E-state index is -1.26. The number of carbonyl (C=O) groups excluding carboxylic acids is 3. The third-order valence-corrected chi connectivity index (χ3v) is 8.02. The van der Waals surface area contributed by atoms with Crippen LogP contribution in [0, 0.1) is 11.8 Å². The van der Waals surface area contributed by atoms with Gasteiger partial charge in [-0.1, -0.05) is 48.6 Å². The van der Waals surface area contributed by atoms with E-state index in [0.29, 0.717) is 25.9 Å². The number of nitrogens with zero attached hydrogens (tertiary/aromatic N) is 2. The summed E-state index contributed by atoms with van der Waals surface area (Å²) >= 11 is 0. The van der Waals surface area contributed by atoms with Crippen LogP contribution in [0.1, 0.15) is 19.3 Å². The number of likely N-dealkylation sites (tertiary alicyclic amines) is 1. The predicted octanol–water partition coefficient (Wildman–Crippen LogP) is 2.60. The molecule has 4 heterocycles. The first kappa shape index (κ1) is 23.9. The number of unbranched alkanes of at least 4 members (excludes halogenated alkanes) is 2. The molecule has 2 aromatic rings. The topological polar surface area (TPSA) is 96.4 Å². The number of amides is 2. The minimum Gasteiger partial charge on any atom is -0.461 e. The Bertz CT molecular complexity index is 1300. The van der Waals surface area contributed by atoms with Gasteiger partial charge in [0.15, 0.2) is 0 Å². The smallest absolute Gasteiger partial charge is 0.313 e. The predicted molar refractivity (Wildman–Crippen MR) is 137 cm³/mol. The molecule has 1 N–H and O–H groups in total. The van der Waals surface area contributed by atoms with E-state index in [4.69, 9.17) is 9.47 Å². The zero-order valence-electron chi connectivity index (χ0n) is 20.5. The first-order chi connectivity index (χ1) is 18.0. The molecule has 1 unspecified atom stereocenters. The van der Waals surface area contributed by atoms with Gasteiger partial charge in [-0.05, 0) is 48.2 Å². The standard InChI is InChI=1S/C29H30N2O6/c32-16-5-1-4-14-31-25-27(34)30(21-12-11-19-8-2-3-9-20(19)18-21)15-7-13-29(25)24(26(31)33)23-22(37-29)10-6-17-36-28(23)35/h2-3,6-13,18,22-25,32H,1,4-5,14-17H2/t22-,23+,24-,25?,29-/m0/s1. The van der Waals surface area contributed by atoms with Gasteiger partial charge in [0.25, 0.3) is 5.91 Å². The summed E-state index contributed by atoms with van der Waals surface area (Å²) in [7, 11) is 0. The molecule has 0 aromatic heterocycles. The first-order valence-corrected chi connectivity index (χ1v) is 13.0. The zero-order valence-corrected chi connectivity index (χ0v) is 20.5. The van der Waals surface area contributed by atoms with Gasteiger partial charge in [0.05, 0.1) is 12.0 Å². The van der Waals surface area contributed by atoms with Crippen molar-refractivity contribution in [3.05, 3.63) is 66.8 Å². The highest BCUT2D eigenvalue weighted by molar-refractivity contribution is 6.06. The Hall–Kier alpha value is -3.49. The highest BCUT2D eigenvalue weighted by atomic mass is 16.6. The number of carbonyl (C=O) groups is 3. The molecule has 37 heavy (non-hydrogen) atoms. The van der Waals surface area contributed by atoms with Crippen LogP contribution in [0.5, 0.6) is 0 Å². The quantitative estimate of drug-likeness (QED) is 0.371. The minimum absolute atomic E-state index is 0.0758. The van der Waals surface area contributed by atoms with Crippen LogP contribution < -0.4 is 4.90 Å². The van der Waals surface area contributed by atoms with Crippen LogP contribution in [0.15, 0.2) is 66.8 Å². The van der Waals surface area contributed by atoms with Gasteiger partial charge >= 0.3 is 5.97 Å². The average Bonchev–Trinajstić information content (AvgIpc) is 3.20. The van der Waals surface area contributed by atoms with Crippen molar-refractivity contribution in [3.63, 3.8) is 0 Å². The summed E-state index contributed by atoms with van der Waals surface area (Å²) in [4.78, 5) is 44.6. The van der Waals surface area contributed by atoms with Crippen molar-refractivity contribution in [2.45, 2.75) is 37.0 Å². The number of hydrogen-bond acceptors (Lipinski definition) is 6. The molecule has 5 atom stereocenters. The lowest BCUT2D eigenvalue weighted by Gasteiger charge is -2.35. The molecule has 8 heteroatoms. The van der Waals surface area contributed by atoms with Crippen LogP contribution in [0.4, 0.5) is 5.69 Å². The van der Waals surface area contributed by atoms with Gasteiger partial charge in [0.2, 0.25) is 5.91 Å². The maximum absolute atomic E-state index is 14.3.